The van der Waals surface area contributed by atoms with Crippen molar-refractivity contribution in [3.63, 3.8) is 0 Å². The molecule has 1 aromatic rings. The van der Waals surface area contributed by atoms with Crippen LogP contribution in [0.3, 0.4) is 0 Å². The van der Waals surface area contributed by atoms with Crippen molar-refractivity contribution >= 4 is 21.8 Å². The summed E-state index contributed by atoms with van der Waals surface area (Å²) in [6.07, 6.45) is 2.26. The SMILES string of the molecule is CC(C#N)S(=O)(=O)Nc1nccnc1C(=O)O. The van der Waals surface area contributed by atoms with Crippen molar-refractivity contribution in [2.45, 2.75) is 12.2 Å². The maximum Gasteiger partial charge on any atom is 0.358 e. The molecule has 1 atom stereocenters. The fourth-order valence-corrected chi connectivity index (χ4v) is 1.60. The van der Waals surface area contributed by atoms with E-state index in [1.807, 2.05) is 4.72 Å². The largest absolute Gasteiger partial charge is 0.476 e. The zero-order valence-corrected chi connectivity index (χ0v) is 9.47. The fourth-order valence-electron chi connectivity index (χ4n) is 0.862. The summed E-state index contributed by atoms with van der Waals surface area (Å²) in [5.74, 6) is -1.83. The molecule has 1 aromatic heterocycles. The smallest absolute Gasteiger partial charge is 0.358 e. The quantitative estimate of drug-likeness (QED) is 0.763. The molecule has 2 N–H and O–H groups in total. The number of hydrogen-bond donors (Lipinski definition) is 2. The van der Waals surface area contributed by atoms with Gasteiger partial charge in [-0.15, -0.1) is 0 Å². The Labute approximate surface area is 97.0 Å². The first kappa shape index (κ1) is 12.9. The average Bonchev–Trinajstić information content (AvgIpc) is 2.27. The van der Waals surface area contributed by atoms with Crippen molar-refractivity contribution in [2.75, 3.05) is 4.72 Å². The van der Waals surface area contributed by atoms with Crippen LogP contribution in [0.1, 0.15) is 17.4 Å². The van der Waals surface area contributed by atoms with Crippen molar-refractivity contribution in [1.82, 2.24) is 9.97 Å². The third-order valence-corrected chi connectivity index (χ3v) is 3.30. The number of nitrogens with zero attached hydrogens (tertiary/aromatic N) is 3. The summed E-state index contributed by atoms with van der Waals surface area (Å²) in [5, 5.41) is 15.9. The van der Waals surface area contributed by atoms with Gasteiger partial charge in [-0.25, -0.2) is 23.2 Å². The van der Waals surface area contributed by atoms with E-state index in [4.69, 9.17) is 10.4 Å². The van der Waals surface area contributed by atoms with E-state index in [1.165, 1.54) is 13.0 Å². The van der Waals surface area contributed by atoms with Gasteiger partial charge in [-0.3, -0.25) is 4.72 Å². The Balaban J connectivity index is 3.13. The van der Waals surface area contributed by atoms with Gasteiger partial charge < -0.3 is 5.11 Å². The van der Waals surface area contributed by atoms with E-state index in [0.29, 0.717) is 0 Å². The number of aromatic nitrogens is 2. The predicted octanol–water partition coefficient (Wildman–Crippen LogP) is -0.171. The zero-order chi connectivity index (χ0) is 13.1. The highest BCUT2D eigenvalue weighted by atomic mass is 32.2. The van der Waals surface area contributed by atoms with Gasteiger partial charge >= 0.3 is 5.97 Å². The minimum atomic E-state index is -4.00. The molecule has 0 fully saturated rings. The molecule has 0 bridgehead atoms. The molecule has 1 heterocycles. The number of rotatable bonds is 4. The van der Waals surface area contributed by atoms with Crippen molar-refractivity contribution in [2.24, 2.45) is 0 Å². The van der Waals surface area contributed by atoms with Gasteiger partial charge in [-0.1, -0.05) is 0 Å². The number of carbonyl (C=O) groups is 1. The third-order valence-electron chi connectivity index (χ3n) is 1.79. The monoisotopic (exact) mass is 256 g/mol. The maximum absolute atomic E-state index is 11.5. The van der Waals surface area contributed by atoms with E-state index in [1.54, 1.807) is 0 Å². The minimum Gasteiger partial charge on any atom is -0.476 e. The van der Waals surface area contributed by atoms with E-state index < -0.39 is 32.8 Å². The lowest BCUT2D eigenvalue weighted by Gasteiger charge is -2.09. The molecule has 17 heavy (non-hydrogen) atoms. The molecule has 0 saturated heterocycles. The Morgan fingerprint density at radius 3 is 2.65 bits per heavy atom. The van der Waals surface area contributed by atoms with Gasteiger partial charge in [0.15, 0.2) is 16.8 Å². The van der Waals surface area contributed by atoms with E-state index in [0.717, 1.165) is 12.4 Å². The summed E-state index contributed by atoms with van der Waals surface area (Å²) in [7, 11) is -4.00. The van der Waals surface area contributed by atoms with Gasteiger partial charge in [0.25, 0.3) is 0 Å². The van der Waals surface area contributed by atoms with Gasteiger partial charge in [0, 0.05) is 12.4 Å². The summed E-state index contributed by atoms with van der Waals surface area (Å²) in [6.45, 7) is 1.17. The van der Waals surface area contributed by atoms with Gasteiger partial charge in [-0.05, 0) is 6.92 Å². The van der Waals surface area contributed by atoms with Crippen LogP contribution in [0.5, 0.6) is 0 Å². The molecular formula is C8H8N4O4S. The number of sulfonamides is 1. The maximum atomic E-state index is 11.5. The standard InChI is InChI=1S/C8H8N4O4S/c1-5(4-9)17(15,16)12-7-6(8(13)14)10-2-3-11-7/h2-3,5H,1H3,(H,11,12)(H,13,14). The normalized spacial score (nSPS) is 12.5. The van der Waals surface area contributed by atoms with Gasteiger partial charge in [0.2, 0.25) is 10.0 Å². The number of carboxylic acid groups (broad SMARTS) is 1. The molecule has 0 aliphatic heterocycles. The number of nitriles is 1. The minimum absolute atomic E-state index is 0.415. The molecule has 1 rings (SSSR count). The molecule has 9 heteroatoms. The second-order valence-corrected chi connectivity index (χ2v) is 4.98. The number of aromatic carboxylic acids is 1. The first-order valence-corrected chi connectivity index (χ1v) is 5.88. The first-order valence-electron chi connectivity index (χ1n) is 4.34. The van der Waals surface area contributed by atoms with Crippen LogP contribution < -0.4 is 4.72 Å². The number of carboxylic acids is 1. The zero-order valence-electron chi connectivity index (χ0n) is 8.65. The van der Waals surface area contributed by atoms with Gasteiger partial charge in [-0.2, -0.15) is 5.26 Å². The van der Waals surface area contributed by atoms with Crippen molar-refractivity contribution in [3.05, 3.63) is 18.1 Å². The number of hydrogen-bond acceptors (Lipinski definition) is 6. The lowest BCUT2D eigenvalue weighted by Crippen LogP contribution is -2.25. The highest BCUT2D eigenvalue weighted by molar-refractivity contribution is 7.93. The van der Waals surface area contributed by atoms with Crippen LogP contribution in [0.2, 0.25) is 0 Å². The van der Waals surface area contributed by atoms with E-state index in [9.17, 15) is 13.2 Å². The highest BCUT2D eigenvalue weighted by Crippen LogP contribution is 2.12. The Morgan fingerprint density at radius 1 is 1.53 bits per heavy atom. The van der Waals surface area contributed by atoms with Crippen LogP contribution in [0.25, 0.3) is 0 Å². The molecule has 0 spiro atoms. The van der Waals surface area contributed by atoms with Crippen LogP contribution in [-0.2, 0) is 10.0 Å². The second-order valence-electron chi connectivity index (χ2n) is 2.98. The summed E-state index contributed by atoms with van der Waals surface area (Å²) < 4.78 is 24.9. The number of nitrogens with one attached hydrogen (secondary N) is 1. The Morgan fingerprint density at radius 2 is 2.12 bits per heavy atom. The van der Waals surface area contributed by atoms with Crippen molar-refractivity contribution in [1.29, 1.82) is 5.26 Å². The van der Waals surface area contributed by atoms with Gasteiger partial charge in [0.1, 0.15) is 0 Å². The predicted molar refractivity (Wildman–Crippen MR) is 56.6 cm³/mol. The van der Waals surface area contributed by atoms with Crippen molar-refractivity contribution < 1.29 is 18.3 Å². The fraction of sp³-hybridized carbons (Fsp3) is 0.250. The lowest BCUT2D eigenvalue weighted by molar-refractivity contribution is 0.0691. The van der Waals surface area contributed by atoms with Crippen LogP contribution in [-0.4, -0.2) is 34.7 Å². The average molecular weight is 256 g/mol. The van der Waals surface area contributed by atoms with Crippen LogP contribution in [0.15, 0.2) is 12.4 Å². The molecule has 8 nitrogen and oxygen atoms in total. The molecule has 1 unspecified atom stereocenters. The van der Waals surface area contributed by atoms with Crippen LogP contribution >= 0.6 is 0 Å². The van der Waals surface area contributed by atoms with Crippen molar-refractivity contribution in [3.8, 4) is 6.07 Å². The Hall–Kier alpha value is -2.21. The molecule has 0 saturated carbocycles. The Kier molecular flexibility index (Phi) is 3.59. The van der Waals surface area contributed by atoms with E-state index >= 15 is 0 Å². The van der Waals surface area contributed by atoms with Crippen LogP contribution in [0.4, 0.5) is 5.82 Å². The third kappa shape index (κ3) is 2.88. The number of anilines is 1. The summed E-state index contributed by atoms with van der Waals surface area (Å²) >= 11 is 0. The summed E-state index contributed by atoms with van der Waals surface area (Å²) in [5.41, 5.74) is -0.527. The molecule has 0 amide bonds. The lowest BCUT2D eigenvalue weighted by atomic mass is 10.4. The van der Waals surface area contributed by atoms with E-state index in [2.05, 4.69) is 9.97 Å². The first-order chi connectivity index (χ1) is 7.88. The molecule has 0 aliphatic rings. The van der Waals surface area contributed by atoms with E-state index in [-0.39, 0.29) is 0 Å². The summed E-state index contributed by atoms with van der Waals surface area (Å²) in [6, 6.07) is 1.53. The topological polar surface area (TPSA) is 133 Å². The highest BCUT2D eigenvalue weighted by Gasteiger charge is 2.23. The molecule has 0 aliphatic carbocycles. The summed E-state index contributed by atoms with van der Waals surface area (Å²) in [4.78, 5) is 17.8. The van der Waals surface area contributed by atoms with Crippen LogP contribution in [0, 0.1) is 11.3 Å². The molecule has 90 valence electrons. The van der Waals surface area contributed by atoms with Gasteiger partial charge in [0.05, 0.1) is 6.07 Å². The molecular weight excluding hydrogens is 248 g/mol. The molecule has 0 aromatic carbocycles. The molecule has 0 radical (unpaired) electrons. The second kappa shape index (κ2) is 4.75. The Bertz CT molecular complexity index is 577.